The largest absolute Gasteiger partial charge is 0.460 e. The number of allylic oxidation sites excluding steroid dienone is 2. The smallest absolute Gasteiger partial charge is 0.313 e. The number of rotatable bonds is 5. The molecule has 0 spiro atoms. The molecule has 2 atom stereocenters. The highest BCUT2D eigenvalue weighted by Crippen LogP contribution is 2.35. The summed E-state index contributed by atoms with van der Waals surface area (Å²) in [4.78, 5) is 24.2. The minimum absolute atomic E-state index is 0.0507. The van der Waals surface area contributed by atoms with E-state index < -0.39 is 11.6 Å². The lowest BCUT2D eigenvalue weighted by molar-refractivity contribution is -0.156. The van der Waals surface area contributed by atoms with Crippen LogP contribution in [-0.4, -0.2) is 17.4 Å². The molecule has 3 heteroatoms. The van der Waals surface area contributed by atoms with Gasteiger partial charge in [-0.3, -0.25) is 9.59 Å². The summed E-state index contributed by atoms with van der Waals surface area (Å²) < 4.78 is 5.23. The van der Waals surface area contributed by atoms with Crippen LogP contribution in [0.5, 0.6) is 0 Å². The number of ether oxygens (including phenoxy) is 1. The normalized spacial score (nSPS) is 23.3. The number of carbonyl (C=O) groups excluding carboxylic acids is 2. The highest BCUT2D eigenvalue weighted by Gasteiger charge is 2.30. The molecule has 0 radical (unpaired) electrons. The molecular weight excluding hydrogens is 264 g/mol. The third-order valence-corrected chi connectivity index (χ3v) is 3.85. The molecule has 3 nitrogen and oxygen atoms in total. The predicted octanol–water partition coefficient (Wildman–Crippen LogP) is 4.23. The standard InChI is InChI=1S/C18H28O3/c1-6-9-14-10-7-8-11-15(13(14)2)16(19)12-17(20)21-18(3,4)5/h6,14-15H,1-2,7-12H2,3-5H3. The van der Waals surface area contributed by atoms with Crippen molar-refractivity contribution in [3.63, 3.8) is 0 Å². The van der Waals surface area contributed by atoms with E-state index in [1.165, 1.54) is 0 Å². The van der Waals surface area contributed by atoms with Crippen molar-refractivity contribution in [2.75, 3.05) is 0 Å². The second kappa shape index (κ2) is 7.58. The number of Topliss-reactive ketones (excluding diaryl/α,β-unsaturated/α-hetero) is 1. The Bertz CT molecular complexity index is 415. The number of carbonyl (C=O) groups is 2. The number of hydrogen-bond acceptors (Lipinski definition) is 3. The molecule has 0 bridgehead atoms. The van der Waals surface area contributed by atoms with Gasteiger partial charge in [0.1, 0.15) is 12.0 Å². The van der Waals surface area contributed by atoms with Crippen LogP contribution in [0, 0.1) is 11.8 Å². The van der Waals surface area contributed by atoms with Crippen molar-refractivity contribution in [1.29, 1.82) is 0 Å². The van der Waals surface area contributed by atoms with E-state index >= 15 is 0 Å². The van der Waals surface area contributed by atoms with Crippen molar-refractivity contribution in [2.24, 2.45) is 11.8 Å². The van der Waals surface area contributed by atoms with E-state index in [4.69, 9.17) is 4.74 Å². The van der Waals surface area contributed by atoms with Crippen LogP contribution in [0.3, 0.4) is 0 Å². The molecule has 1 saturated carbocycles. The van der Waals surface area contributed by atoms with Crippen molar-refractivity contribution in [2.45, 2.75) is 64.9 Å². The van der Waals surface area contributed by atoms with E-state index in [0.29, 0.717) is 5.92 Å². The summed E-state index contributed by atoms with van der Waals surface area (Å²) in [5.74, 6) is -0.377. The Labute approximate surface area is 128 Å². The maximum absolute atomic E-state index is 12.4. The second-order valence-corrected chi connectivity index (χ2v) is 6.86. The molecule has 0 heterocycles. The molecule has 0 saturated heterocycles. The summed E-state index contributed by atoms with van der Waals surface area (Å²) in [6.45, 7) is 13.3. The Morgan fingerprint density at radius 1 is 1.29 bits per heavy atom. The van der Waals surface area contributed by atoms with Crippen molar-refractivity contribution >= 4 is 11.8 Å². The van der Waals surface area contributed by atoms with Gasteiger partial charge in [0.2, 0.25) is 0 Å². The van der Waals surface area contributed by atoms with Crippen LogP contribution in [0.2, 0.25) is 0 Å². The Morgan fingerprint density at radius 2 is 1.90 bits per heavy atom. The third kappa shape index (κ3) is 5.86. The summed E-state index contributed by atoms with van der Waals surface area (Å²) in [5.41, 5.74) is 0.421. The van der Waals surface area contributed by atoms with Crippen molar-refractivity contribution in [3.8, 4) is 0 Å². The molecule has 0 aromatic carbocycles. The van der Waals surface area contributed by atoms with Gasteiger partial charge in [-0.2, -0.15) is 0 Å². The van der Waals surface area contributed by atoms with E-state index in [2.05, 4.69) is 13.2 Å². The fourth-order valence-corrected chi connectivity index (χ4v) is 2.88. The molecule has 0 aliphatic heterocycles. The molecule has 1 rings (SSSR count). The molecule has 0 amide bonds. The molecule has 1 fully saturated rings. The van der Waals surface area contributed by atoms with Gasteiger partial charge >= 0.3 is 5.97 Å². The zero-order valence-corrected chi connectivity index (χ0v) is 13.6. The van der Waals surface area contributed by atoms with Crippen molar-refractivity contribution < 1.29 is 14.3 Å². The van der Waals surface area contributed by atoms with Gasteiger partial charge in [0.25, 0.3) is 0 Å². The Morgan fingerprint density at radius 3 is 2.48 bits per heavy atom. The maximum Gasteiger partial charge on any atom is 0.313 e. The number of ketones is 1. The molecule has 0 N–H and O–H groups in total. The zero-order valence-electron chi connectivity index (χ0n) is 13.6. The van der Waals surface area contributed by atoms with Crippen molar-refractivity contribution in [1.82, 2.24) is 0 Å². The average molecular weight is 292 g/mol. The van der Waals surface area contributed by atoms with Gasteiger partial charge in [0.05, 0.1) is 0 Å². The lowest BCUT2D eigenvalue weighted by atomic mass is 9.83. The first-order valence-corrected chi connectivity index (χ1v) is 7.78. The maximum atomic E-state index is 12.4. The fourth-order valence-electron chi connectivity index (χ4n) is 2.88. The van der Waals surface area contributed by atoms with Crippen LogP contribution >= 0.6 is 0 Å². The summed E-state index contributed by atoms with van der Waals surface area (Å²) in [5, 5.41) is 0. The Hall–Kier alpha value is -1.38. The highest BCUT2D eigenvalue weighted by atomic mass is 16.6. The van der Waals surface area contributed by atoms with Gasteiger partial charge in [-0.1, -0.05) is 31.1 Å². The third-order valence-electron chi connectivity index (χ3n) is 3.85. The summed E-state index contributed by atoms with van der Waals surface area (Å²) in [6.07, 6.45) is 6.56. The second-order valence-electron chi connectivity index (χ2n) is 6.86. The first-order valence-electron chi connectivity index (χ1n) is 7.78. The van der Waals surface area contributed by atoms with Gasteiger partial charge in [0, 0.05) is 5.92 Å². The highest BCUT2D eigenvalue weighted by molar-refractivity contribution is 5.98. The van der Waals surface area contributed by atoms with Crippen LogP contribution in [0.15, 0.2) is 24.8 Å². The Balaban J connectivity index is 2.68. The first-order chi connectivity index (χ1) is 9.74. The minimum Gasteiger partial charge on any atom is -0.460 e. The molecule has 2 unspecified atom stereocenters. The van der Waals surface area contributed by atoms with E-state index in [-0.39, 0.29) is 18.1 Å². The zero-order chi connectivity index (χ0) is 16.0. The number of hydrogen-bond donors (Lipinski definition) is 0. The Kier molecular flexibility index (Phi) is 6.38. The molecule has 21 heavy (non-hydrogen) atoms. The van der Waals surface area contributed by atoms with Crippen LogP contribution in [0.1, 0.15) is 59.3 Å². The summed E-state index contributed by atoms with van der Waals surface area (Å²) in [7, 11) is 0. The SMILES string of the molecule is C=CCC1CCCCC(C(=O)CC(=O)OC(C)(C)C)C1=C. The van der Waals surface area contributed by atoms with E-state index in [0.717, 1.165) is 37.7 Å². The molecule has 1 aliphatic carbocycles. The van der Waals surface area contributed by atoms with E-state index in [1.54, 1.807) is 20.8 Å². The predicted molar refractivity (Wildman–Crippen MR) is 84.9 cm³/mol. The fraction of sp³-hybridized carbons (Fsp3) is 0.667. The molecule has 0 aromatic heterocycles. The number of esters is 1. The van der Waals surface area contributed by atoms with Gasteiger partial charge in [0.15, 0.2) is 5.78 Å². The van der Waals surface area contributed by atoms with Crippen molar-refractivity contribution in [3.05, 3.63) is 24.8 Å². The lowest BCUT2D eigenvalue weighted by Crippen LogP contribution is -2.28. The van der Waals surface area contributed by atoms with Gasteiger partial charge in [-0.15, -0.1) is 6.58 Å². The van der Waals surface area contributed by atoms with Gasteiger partial charge in [-0.25, -0.2) is 0 Å². The van der Waals surface area contributed by atoms with Gasteiger partial charge in [-0.05, 0) is 46.0 Å². The monoisotopic (exact) mass is 292 g/mol. The van der Waals surface area contributed by atoms with Crippen LogP contribution in [-0.2, 0) is 14.3 Å². The van der Waals surface area contributed by atoms with Gasteiger partial charge < -0.3 is 4.74 Å². The topological polar surface area (TPSA) is 43.4 Å². The molecule has 118 valence electrons. The van der Waals surface area contributed by atoms with E-state index in [9.17, 15) is 9.59 Å². The quantitative estimate of drug-likeness (QED) is 0.330. The van der Waals surface area contributed by atoms with Crippen LogP contribution in [0.25, 0.3) is 0 Å². The summed E-state index contributed by atoms with van der Waals surface area (Å²) in [6, 6.07) is 0. The van der Waals surface area contributed by atoms with Crippen LogP contribution in [0.4, 0.5) is 0 Å². The lowest BCUT2D eigenvalue weighted by Gasteiger charge is -2.23. The van der Waals surface area contributed by atoms with E-state index in [1.807, 2.05) is 6.08 Å². The van der Waals surface area contributed by atoms with Crippen LogP contribution < -0.4 is 0 Å². The molecule has 0 aromatic rings. The first kappa shape index (κ1) is 17.7. The summed E-state index contributed by atoms with van der Waals surface area (Å²) >= 11 is 0. The molecule has 1 aliphatic rings. The molecular formula is C18H28O3. The average Bonchev–Trinajstić information content (AvgIpc) is 2.50. The minimum atomic E-state index is -0.552.